The lowest BCUT2D eigenvalue weighted by Crippen LogP contribution is -2.37. The minimum atomic E-state index is -0.267. The summed E-state index contributed by atoms with van der Waals surface area (Å²) < 4.78 is 0. The molecule has 2 heterocycles. The molecule has 0 radical (unpaired) electrons. The van der Waals surface area contributed by atoms with Crippen LogP contribution in [0, 0.1) is 17.8 Å². The summed E-state index contributed by atoms with van der Waals surface area (Å²) in [5.41, 5.74) is 2.96. The van der Waals surface area contributed by atoms with Crippen LogP contribution in [0.1, 0.15) is 44.1 Å². The largest absolute Gasteiger partial charge is 0.356 e. The third-order valence-corrected chi connectivity index (χ3v) is 6.75. The van der Waals surface area contributed by atoms with Gasteiger partial charge in [-0.15, -0.1) is 0 Å². The van der Waals surface area contributed by atoms with E-state index in [0.29, 0.717) is 12.5 Å². The van der Waals surface area contributed by atoms with Gasteiger partial charge in [-0.25, -0.2) is 0 Å². The smallest absolute Gasteiger partial charge is 0.230 e. The van der Waals surface area contributed by atoms with E-state index in [1.165, 1.54) is 12.8 Å². The lowest BCUT2D eigenvalue weighted by molar-refractivity contribution is -0.126. The number of hydrogen-bond donors (Lipinski definition) is 1. The van der Waals surface area contributed by atoms with E-state index in [2.05, 4.69) is 5.32 Å². The van der Waals surface area contributed by atoms with E-state index in [1.54, 1.807) is 4.90 Å². The van der Waals surface area contributed by atoms with E-state index in [9.17, 15) is 14.4 Å². The predicted octanol–water partition coefficient (Wildman–Crippen LogP) is 2.25. The van der Waals surface area contributed by atoms with Gasteiger partial charge in [-0.1, -0.05) is 6.42 Å². The monoisotopic (exact) mass is 381 g/mol. The standard InChI is InChI=1S/C22H27N3O3/c26-20-11-17(21(27)23-12-14-4-5-14)13-25(20)18-6-7-19-16(10-18)8-9-24(19)22(28)15-2-1-3-15/h6-7,10,14-15,17H,1-5,8-9,11-13H2,(H,23,27)/t17-/m1/s1. The van der Waals surface area contributed by atoms with E-state index in [0.717, 1.165) is 55.7 Å². The van der Waals surface area contributed by atoms with Crippen molar-refractivity contribution in [1.29, 1.82) is 0 Å². The van der Waals surface area contributed by atoms with Gasteiger partial charge in [0.1, 0.15) is 0 Å². The zero-order chi connectivity index (χ0) is 19.3. The normalized spacial score (nSPS) is 24.3. The van der Waals surface area contributed by atoms with E-state index < -0.39 is 0 Å². The maximum absolute atomic E-state index is 12.6. The number of rotatable bonds is 5. The Balaban J connectivity index is 1.27. The molecule has 2 aliphatic carbocycles. The van der Waals surface area contributed by atoms with Gasteiger partial charge in [-0.05, 0) is 61.8 Å². The van der Waals surface area contributed by atoms with Gasteiger partial charge in [-0.3, -0.25) is 14.4 Å². The van der Waals surface area contributed by atoms with Gasteiger partial charge >= 0.3 is 0 Å². The molecule has 0 spiro atoms. The van der Waals surface area contributed by atoms with Crippen molar-refractivity contribution in [2.75, 3.05) is 29.4 Å². The summed E-state index contributed by atoms with van der Waals surface area (Å²) >= 11 is 0. The van der Waals surface area contributed by atoms with Gasteiger partial charge in [0.2, 0.25) is 17.7 Å². The zero-order valence-corrected chi connectivity index (χ0v) is 16.2. The van der Waals surface area contributed by atoms with Gasteiger partial charge in [0.25, 0.3) is 0 Å². The minimum Gasteiger partial charge on any atom is -0.356 e. The number of carbonyl (C=O) groups is 3. The maximum Gasteiger partial charge on any atom is 0.230 e. The molecular weight excluding hydrogens is 354 g/mol. The van der Waals surface area contributed by atoms with Gasteiger partial charge in [-0.2, -0.15) is 0 Å². The average molecular weight is 381 g/mol. The molecule has 2 aliphatic heterocycles. The molecule has 3 fully saturated rings. The number of nitrogens with one attached hydrogen (secondary N) is 1. The Morgan fingerprint density at radius 2 is 1.93 bits per heavy atom. The van der Waals surface area contributed by atoms with Gasteiger partial charge in [0.15, 0.2) is 0 Å². The zero-order valence-electron chi connectivity index (χ0n) is 16.2. The molecule has 0 unspecified atom stereocenters. The number of fused-ring (bicyclic) bond motifs is 1. The van der Waals surface area contributed by atoms with Gasteiger partial charge in [0.05, 0.1) is 5.92 Å². The maximum atomic E-state index is 12.6. The number of anilines is 2. The molecule has 2 saturated carbocycles. The minimum absolute atomic E-state index is 0.00109. The quantitative estimate of drug-likeness (QED) is 0.851. The first kappa shape index (κ1) is 17.7. The van der Waals surface area contributed by atoms with Crippen LogP contribution in [0.2, 0.25) is 0 Å². The second-order valence-electron chi connectivity index (χ2n) is 8.77. The first-order chi connectivity index (χ1) is 13.6. The number of carbonyl (C=O) groups excluding carboxylic acids is 3. The molecule has 3 amide bonds. The number of hydrogen-bond acceptors (Lipinski definition) is 3. The highest BCUT2D eigenvalue weighted by atomic mass is 16.2. The van der Waals surface area contributed by atoms with E-state index >= 15 is 0 Å². The Hall–Kier alpha value is -2.37. The van der Waals surface area contributed by atoms with Crippen LogP contribution in [0.5, 0.6) is 0 Å². The third-order valence-electron chi connectivity index (χ3n) is 6.75. The SMILES string of the molecule is O=C(NCC1CC1)[C@@H]1CC(=O)N(c2ccc3c(c2)CCN3C(=O)C2CCC2)C1. The molecule has 0 aromatic heterocycles. The van der Waals surface area contributed by atoms with Crippen molar-refractivity contribution < 1.29 is 14.4 Å². The van der Waals surface area contributed by atoms with Crippen molar-refractivity contribution in [3.05, 3.63) is 23.8 Å². The van der Waals surface area contributed by atoms with Crippen molar-refractivity contribution in [2.24, 2.45) is 17.8 Å². The fraction of sp³-hybridized carbons (Fsp3) is 0.591. The summed E-state index contributed by atoms with van der Waals surface area (Å²) in [5, 5.41) is 3.00. The van der Waals surface area contributed by atoms with E-state index in [4.69, 9.17) is 0 Å². The van der Waals surface area contributed by atoms with Crippen LogP contribution in [0.25, 0.3) is 0 Å². The molecule has 6 heteroatoms. The van der Waals surface area contributed by atoms with Crippen LogP contribution in [0.15, 0.2) is 18.2 Å². The molecule has 28 heavy (non-hydrogen) atoms. The lowest BCUT2D eigenvalue weighted by atomic mass is 9.84. The first-order valence-corrected chi connectivity index (χ1v) is 10.6. The fourth-order valence-corrected chi connectivity index (χ4v) is 4.50. The summed E-state index contributed by atoms with van der Waals surface area (Å²) in [4.78, 5) is 41.2. The molecule has 1 N–H and O–H groups in total. The molecule has 1 atom stereocenters. The average Bonchev–Trinajstić information content (AvgIpc) is 3.25. The van der Waals surface area contributed by atoms with Crippen LogP contribution in [0.4, 0.5) is 11.4 Å². The molecule has 148 valence electrons. The summed E-state index contributed by atoms with van der Waals surface area (Å²) in [7, 11) is 0. The van der Waals surface area contributed by atoms with Gasteiger partial charge in [0, 0.05) is 43.3 Å². The molecular formula is C22H27N3O3. The predicted molar refractivity (Wildman–Crippen MR) is 106 cm³/mol. The van der Waals surface area contributed by atoms with E-state index in [1.807, 2.05) is 23.1 Å². The van der Waals surface area contributed by atoms with Crippen LogP contribution in [-0.4, -0.2) is 37.4 Å². The number of amides is 3. The highest BCUT2D eigenvalue weighted by Gasteiger charge is 2.37. The van der Waals surface area contributed by atoms with Crippen molar-refractivity contribution in [2.45, 2.75) is 44.9 Å². The van der Waals surface area contributed by atoms with Crippen LogP contribution in [0.3, 0.4) is 0 Å². The fourth-order valence-electron chi connectivity index (χ4n) is 4.50. The van der Waals surface area contributed by atoms with Crippen LogP contribution >= 0.6 is 0 Å². The lowest BCUT2D eigenvalue weighted by Gasteiger charge is -2.29. The topological polar surface area (TPSA) is 69.7 Å². The second-order valence-corrected chi connectivity index (χ2v) is 8.77. The summed E-state index contributed by atoms with van der Waals surface area (Å²) in [5.74, 6) is 0.826. The third kappa shape index (κ3) is 3.19. The van der Waals surface area contributed by atoms with Crippen molar-refractivity contribution >= 4 is 29.1 Å². The summed E-state index contributed by atoms with van der Waals surface area (Å²) in [6, 6.07) is 5.93. The first-order valence-electron chi connectivity index (χ1n) is 10.6. The Morgan fingerprint density at radius 3 is 2.64 bits per heavy atom. The summed E-state index contributed by atoms with van der Waals surface area (Å²) in [6.45, 7) is 1.92. The molecule has 0 bridgehead atoms. The molecule has 4 aliphatic rings. The molecule has 1 aromatic carbocycles. The molecule has 1 saturated heterocycles. The second kappa shape index (κ2) is 6.90. The highest BCUT2D eigenvalue weighted by molar-refractivity contribution is 6.01. The molecule has 5 rings (SSSR count). The Bertz CT molecular complexity index is 828. The summed E-state index contributed by atoms with van der Waals surface area (Å²) in [6.07, 6.45) is 6.68. The van der Waals surface area contributed by atoms with Crippen molar-refractivity contribution in [1.82, 2.24) is 5.32 Å². The highest BCUT2D eigenvalue weighted by Crippen LogP contribution is 2.37. The number of benzene rings is 1. The molecule has 1 aromatic rings. The van der Waals surface area contributed by atoms with Crippen LogP contribution in [-0.2, 0) is 20.8 Å². The Morgan fingerprint density at radius 1 is 1.11 bits per heavy atom. The van der Waals surface area contributed by atoms with Crippen molar-refractivity contribution in [3.8, 4) is 0 Å². The van der Waals surface area contributed by atoms with Crippen LogP contribution < -0.4 is 15.1 Å². The van der Waals surface area contributed by atoms with Gasteiger partial charge < -0.3 is 15.1 Å². The number of nitrogens with zero attached hydrogens (tertiary/aromatic N) is 2. The molecule has 6 nitrogen and oxygen atoms in total. The van der Waals surface area contributed by atoms with Crippen molar-refractivity contribution in [3.63, 3.8) is 0 Å². The Labute approximate surface area is 165 Å². The van der Waals surface area contributed by atoms with E-state index in [-0.39, 0.29) is 36.0 Å². The Kier molecular flexibility index (Phi) is 4.37.